The van der Waals surface area contributed by atoms with Crippen molar-refractivity contribution in [1.29, 1.82) is 0 Å². The highest BCUT2D eigenvalue weighted by Gasteiger charge is 2.17. The number of benzene rings is 1. The van der Waals surface area contributed by atoms with Crippen molar-refractivity contribution in [3.63, 3.8) is 0 Å². The summed E-state index contributed by atoms with van der Waals surface area (Å²) < 4.78 is 25.9. The van der Waals surface area contributed by atoms with Crippen LogP contribution < -0.4 is 10.6 Å². The van der Waals surface area contributed by atoms with Crippen molar-refractivity contribution in [2.45, 2.75) is 18.9 Å². The fourth-order valence-corrected chi connectivity index (χ4v) is 1.92. The summed E-state index contributed by atoms with van der Waals surface area (Å²) in [5, 5.41) is 5.86. The number of nitrogens with one attached hydrogen (secondary N) is 2. The normalized spacial score (nSPS) is 18.2. The Balaban J connectivity index is 0.00000162. The number of rotatable bonds is 3. The summed E-state index contributed by atoms with van der Waals surface area (Å²) in [6, 6.07) is 3.19. The van der Waals surface area contributed by atoms with Gasteiger partial charge in [0.05, 0.1) is 5.56 Å². The van der Waals surface area contributed by atoms with Gasteiger partial charge in [0.15, 0.2) is 0 Å². The van der Waals surface area contributed by atoms with Gasteiger partial charge in [-0.3, -0.25) is 4.79 Å². The summed E-state index contributed by atoms with van der Waals surface area (Å²) in [7, 11) is 0. The van der Waals surface area contributed by atoms with Gasteiger partial charge in [0.25, 0.3) is 5.91 Å². The molecule has 0 spiro atoms. The van der Waals surface area contributed by atoms with Crippen LogP contribution in [0.4, 0.5) is 8.78 Å². The molecule has 1 aliphatic rings. The fourth-order valence-electron chi connectivity index (χ4n) is 1.92. The Hall–Kier alpha value is -1.20. The van der Waals surface area contributed by atoms with E-state index in [0.717, 1.165) is 31.5 Å². The van der Waals surface area contributed by atoms with Crippen molar-refractivity contribution in [2.24, 2.45) is 0 Å². The molecule has 1 fully saturated rings. The van der Waals surface area contributed by atoms with E-state index in [1.807, 2.05) is 0 Å². The van der Waals surface area contributed by atoms with Crippen molar-refractivity contribution in [1.82, 2.24) is 10.6 Å². The summed E-state index contributed by atoms with van der Waals surface area (Å²) in [5.74, 6) is -2.02. The van der Waals surface area contributed by atoms with Crippen molar-refractivity contribution >= 4 is 18.3 Å². The lowest BCUT2D eigenvalue weighted by Gasteiger charge is -2.11. The van der Waals surface area contributed by atoms with Gasteiger partial charge in [-0.25, -0.2) is 8.78 Å². The van der Waals surface area contributed by atoms with Crippen molar-refractivity contribution in [2.75, 3.05) is 13.1 Å². The van der Waals surface area contributed by atoms with Gasteiger partial charge < -0.3 is 10.6 Å². The minimum absolute atomic E-state index is 0. The zero-order valence-electron chi connectivity index (χ0n) is 9.71. The molecule has 2 rings (SSSR count). The van der Waals surface area contributed by atoms with Crippen LogP contribution in [-0.4, -0.2) is 25.0 Å². The lowest BCUT2D eigenvalue weighted by atomic mass is 10.2. The van der Waals surface area contributed by atoms with Crippen LogP contribution in [0.3, 0.4) is 0 Å². The van der Waals surface area contributed by atoms with E-state index in [4.69, 9.17) is 0 Å². The lowest BCUT2D eigenvalue weighted by Crippen LogP contribution is -2.37. The molecule has 0 aromatic heterocycles. The molecule has 1 aromatic carbocycles. The summed E-state index contributed by atoms with van der Waals surface area (Å²) in [6.45, 7) is 1.42. The third kappa shape index (κ3) is 3.65. The molecule has 0 aliphatic carbocycles. The van der Waals surface area contributed by atoms with Gasteiger partial charge in [-0.1, -0.05) is 0 Å². The minimum Gasteiger partial charge on any atom is -0.350 e. The third-order valence-electron chi connectivity index (χ3n) is 2.85. The second kappa shape index (κ2) is 6.66. The molecule has 1 aliphatic heterocycles. The SMILES string of the molecule is Cl.O=C(NC[C@H]1CCCN1)c1ccc(F)cc1F. The van der Waals surface area contributed by atoms with Crippen LogP contribution in [-0.2, 0) is 0 Å². The van der Waals surface area contributed by atoms with Gasteiger partial charge >= 0.3 is 0 Å². The first-order valence-corrected chi connectivity index (χ1v) is 5.63. The second-order valence-electron chi connectivity index (χ2n) is 4.13. The molecule has 0 bridgehead atoms. The van der Waals surface area contributed by atoms with Gasteiger partial charge in [0.1, 0.15) is 11.6 Å². The van der Waals surface area contributed by atoms with E-state index in [2.05, 4.69) is 10.6 Å². The Labute approximate surface area is 110 Å². The summed E-state index contributed by atoms with van der Waals surface area (Å²) in [5.41, 5.74) is -0.121. The standard InChI is InChI=1S/C12H14F2N2O.ClH/c13-8-3-4-10(11(14)6-8)12(17)16-7-9-2-1-5-15-9;/h3-4,6,9,15H,1-2,5,7H2,(H,16,17);1H/t9-;/m1./s1. The first-order chi connectivity index (χ1) is 8.16. The van der Waals surface area contributed by atoms with Crippen LogP contribution >= 0.6 is 12.4 Å². The Morgan fingerprint density at radius 2 is 2.22 bits per heavy atom. The molecule has 1 heterocycles. The lowest BCUT2D eigenvalue weighted by molar-refractivity contribution is 0.0946. The number of amides is 1. The molecule has 2 N–H and O–H groups in total. The average molecular weight is 277 g/mol. The number of carbonyl (C=O) groups excluding carboxylic acids is 1. The summed E-state index contributed by atoms with van der Waals surface area (Å²) >= 11 is 0. The molecule has 18 heavy (non-hydrogen) atoms. The molecule has 3 nitrogen and oxygen atoms in total. The Bertz CT molecular complexity index is 423. The van der Waals surface area contributed by atoms with Crippen LogP contribution in [0.2, 0.25) is 0 Å². The molecule has 1 atom stereocenters. The highest BCUT2D eigenvalue weighted by atomic mass is 35.5. The maximum atomic E-state index is 13.3. The quantitative estimate of drug-likeness (QED) is 0.885. The maximum Gasteiger partial charge on any atom is 0.254 e. The maximum absolute atomic E-state index is 13.3. The van der Waals surface area contributed by atoms with E-state index < -0.39 is 17.5 Å². The molecule has 1 aromatic rings. The second-order valence-corrected chi connectivity index (χ2v) is 4.13. The highest BCUT2D eigenvalue weighted by Crippen LogP contribution is 2.09. The van der Waals surface area contributed by atoms with E-state index in [-0.39, 0.29) is 24.0 Å². The van der Waals surface area contributed by atoms with E-state index in [1.165, 1.54) is 0 Å². The number of halogens is 3. The van der Waals surface area contributed by atoms with Crippen molar-refractivity contribution in [3.8, 4) is 0 Å². The van der Waals surface area contributed by atoms with Crippen LogP contribution in [0.25, 0.3) is 0 Å². The number of hydrogen-bond acceptors (Lipinski definition) is 2. The van der Waals surface area contributed by atoms with Gasteiger partial charge in [0, 0.05) is 18.7 Å². The molecule has 1 saturated heterocycles. The van der Waals surface area contributed by atoms with Gasteiger partial charge in [-0.2, -0.15) is 0 Å². The third-order valence-corrected chi connectivity index (χ3v) is 2.85. The topological polar surface area (TPSA) is 41.1 Å². The number of carbonyl (C=O) groups is 1. The highest BCUT2D eigenvalue weighted by molar-refractivity contribution is 5.94. The molecular weight excluding hydrogens is 262 g/mol. The molecular formula is C12H15ClF2N2O. The van der Waals surface area contributed by atoms with E-state index in [0.29, 0.717) is 12.6 Å². The van der Waals surface area contributed by atoms with Crippen LogP contribution in [0.15, 0.2) is 18.2 Å². The predicted molar refractivity (Wildman–Crippen MR) is 67.0 cm³/mol. The van der Waals surface area contributed by atoms with Gasteiger partial charge in [0.2, 0.25) is 0 Å². The largest absolute Gasteiger partial charge is 0.350 e. The molecule has 0 unspecified atom stereocenters. The zero-order chi connectivity index (χ0) is 12.3. The average Bonchev–Trinajstić information content (AvgIpc) is 2.78. The Morgan fingerprint density at radius 1 is 1.44 bits per heavy atom. The summed E-state index contributed by atoms with van der Waals surface area (Å²) in [6.07, 6.45) is 2.09. The van der Waals surface area contributed by atoms with E-state index in [9.17, 15) is 13.6 Å². The molecule has 0 radical (unpaired) electrons. The molecule has 100 valence electrons. The first kappa shape index (κ1) is 14.9. The van der Waals surface area contributed by atoms with Gasteiger partial charge in [-0.15, -0.1) is 12.4 Å². The monoisotopic (exact) mass is 276 g/mol. The first-order valence-electron chi connectivity index (χ1n) is 5.63. The van der Waals surface area contributed by atoms with Crippen molar-refractivity contribution in [3.05, 3.63) is 35.4 Å². The zero-order valence-corrected chi connectivity index (χ0v) is 10.5. The smallest absolute Gasteiger partial charge is 0.254 e. The molecule has 0 saturated carbocycles. The Kier molecular flexibility index (Phi) is 5.50. The van der Waals surface area contributed by atoms with Gasteiger partial charge in [-0.05, 0) is 31.5 Å². The Morgan fingerprint density at radius 3 is 2.83 bits per heavy atom. The number of hydrogen-bond donors (Lipinski definition) is 2. The molecule has 1 amide bonds. The predicted octanol–water partition coefficient (Wildman–Crippen LogP) is 1.87. The summed E-state index contributed by atoms with van der Waals surface area (Å²) in [4.78, 5) is 11.6. The fraction of sp³-hybridized carbons (Fsp3) is 0.417. The molecule has 6 heteroatoms. The van der Waals surface area contributed by atoms with Crippen LogP contribution in [0.1, 0.15) is 23.2 Å². The van der Waals surface area contributed by atoms with Crippen LogP contribution in [0, 0.1) is 11.6 Å². The van der Waals surface area contributed by atoms with Crippen LogP contribution in [0.5, 0.6) is 0 Å². The van der Waals surface area contributed by atoms with Crippen molar-refractivity contribution < 1.29 is 13.6 Å². The van der Waals surface area contributed by atoms with E-state index in [1.54, 1.807) is 0 Å². The van der Waals surface area contributed by atoms with E-state index >= 15 is 0 Å². The minimum atomic E-state index is -0.832.